The molecule has 0 fully saturated rings. The first-order valence-electron chi connectivity index (χ1n) is 26.2. The lowest BCUT2D eigenvalue weighted by Crippen LogP contribution is -2.46. The summed E-state index contributed by atoms with van der Waals surface area (Å²) in [6, 6.07) is 34.6. The van der Waals surface area contributed by atoms with Crippen LogP contribution in [0.15, 0.2) is 97.2 Å². The number of thioether (sulfide) groups is 2. The summed E-state index contributed by atoms with van der Waals surface area (Å²) >= 11 is 14.3. The van der Waals surface area contributed by atoms with Crippen LogP contribution in [0.25, 0.3) is 0 Å². The van der Waals surface area contributed by atoms with Gasteiger partial charge in [-0.05, 0) is 108 Å². The van der Waals surface area contributed by atoms with Crippen LogP contribution in [0.4, 0.5) is 0 Å². The number of hydrogen-bond acceptors (Lipinski definition) is 16. The number of thiocarbonyl (C=S) groups is 2. The van der Waals surface area contributed by atoms with Crippen LogP contribution in [0.5, 0.6) is 0 Å². The Morgan fingerprint density at radius 3 is 1.97 bits per heavy atom. The molecule has 0 saturated carbocycles. The second-order valence-electron chi connectivity index (χ2n) is 21.2. The number of rotatable bonds is 33. The minimum Gasteiger partial charge on any atom is -0.465 e. The maximum atomic E-state index is 14.6. The van der Waals surface area contributed by atoms with E-state index in [0.29, 0.717) is 34.8 Å². The van der Waals surface area contributed by atoms with E-state index in [-0.39, 0.29) is 77.1 Å². The standard InChI is InChI=1S/C58H76N6O8S4Si.CH4/c1-9-10-11-21-34-70-53(67)57(4,39-56(3,42-60)31-29-49(65)61-33-22-35-77(7,8)69-6)40-58(5,76-52(74)46-27-19-14-20-28-46)54(68)72-43-64-37-47(62-63-64)38-71-50(66)30-32-55(2,41-59)36-48(44-23-15-12-16-24-44)75-51(73)45-25-17-13-18-26-45;/h12-20,23-28,37,48H,9-11,21-22,29-36,38-40,43H2,1-8H3,(H,61,65);1H4. The maximum absolute atomic E-state index is 14.6. The molecule has 1 aromatic heterocycles. The molecular formula is C59H80N6O8S4Si. The van der Waals surface area contributed by atoms with Crippen LogP contribution < -0.4 is 5.32 Å². The predicted molar refractivity (Wildman–Crippen MR) is 322 cm³/mol. The van der Waals surface area contributed by atoms with Gasteiger partial charge in [0.25, 0.3) is 0 Å². The quantitative estimate of drug-likeness (QED) is 0.0155. The number of hydrogen-bond donors (Lipinski definition) is 1. The summed E-state index contributed by atoms with van der Waals surface area (Å²) in [5.74, 6) is -1.99. The van der Waals surface area contributed by atoms with Gasteiger partial charge in [-0.3, -0.25) is 19.2 Å². The van der Waals surface area contributed by atoms with E-state index < -0.39 is 47.2 Å². The third kappa shape index (κ3) is 22.5. The van der Waals surface area contributed by atoms with Gasteiger partial charge in [0.05, 0.1) is 49.6 Å². The second kappa shape index (κ2) is 32.7. The van der Waals surface area contributed by atoms with E-state index in [9.17, 15) is 29.7 Å². The van der Waals surface area contributed by atoms with Crippen molar-refractivity contribution in [2.45, 2.75) is 162 Å². The smallest absolute Gasteiger partial charge is 0.324 e. The lowest BCUT2D eigenvalue weighted by atomic mass is 9.68. The van der Waals surface area contributed by atoms with Gasteiger partial charge in [-0.15, -0.1) is 16.9 Å². The molecule has 422 valence electrons. The van der Waals surface area contributed by atoms with Gasteiger partial charge in [0, 0.05) is 31.7 Å². The van der Waals surface area contributed by atoms with Crippen LogP contribution >= 0.6 is 48.0 Å². The van der Waals surface area contributed by atoms with Gasteiger partial charge in [-0.25, -0.2) is 4.68 Å². The van der Waals surface area contributed by atoms with Gasteiger partial charge < -0.3 is 24.0 Å². The number of carbonyl (C=O) groups is 4. The number of nitrogens with one attached hydrogen (secondary N) is 1. The highest BCUT2D eigenvalue weighted by molar-refractivity contribution is 8.25. The topological polar surface area (TPSA) is 196 Å². The van der Waals surface area contributed by atoms with E-state index in [2.05, 4.69) is 47.8 Å². The fourth-order valence-electron chi connectivity index (χ4n) is 8.80. The van der Waals surface area contributed by atoms with Crippen molar-refractivity contribution in [1.29, 1.82) is 10.5 Å². The molecule has 0 aliphatic carbocycles. The fraction of sp³-hybridized carbons (Fsp3) is 0.525. The first-order chi connectivity index (χ1) is 36.6. The zero-order valence-electron chi connectivity index (χ0n) is 46.0. The third-order valence-corrected chi connectivity index (χ3v) is 19.5. The summed E-state index contributed by atoms with van der Waals surface area (Å²) in [4.78, 5) is 55.3. The van der Waals surface area contributed by atoms with Crippen LogP contribution in [0.3, 0.4) is 0 Å². The minimum absolute atomic E-state index is 0. The van der Waals surface area contributed by atoms with Gasteiger partial charge >= 0.3 is 17.9 Å². The molecule has 0 aliphatic heterocycles. The van der Waals surface area contributed by atoms with E-state index >= 15 is 0 Å². The Morgan fingerprint density at radius 1 is 0.769 bits per heavy atom. The van der Waals surface area contributed by atoms with Crippen LogP contribution in [0, 0.1) is 38.9 Å². The van der Waals surface area contributed by atoms with Gasteiger partial charge in [0.1, 0.15) is 17.0 Å². The number of aromatic nitrogens is 3. The van der Waals surface area contributed by atoms with E-state index in [1.807, 2.05) is 97.9 Å². The third-order valence-electron chi connectivity index (χ3n) is 13.5. The molecule has 4 aromatic rings. The molecule has 0 radical (unpaired) electrons. The Bertz CT molecular complexity index is 2650. The highest BCUT2D eigenvalue weighted by atomic mass is 32.2. The van der Waals surface area contributed by atoms with Gasteiger partial charge in [0.15, 0.2) is 15.0 Å². The van der Waals surface area contributed by atoms with Gasteiger partial charge in [0.2, 0.25) is 5.91 Å². The molecule has 19 heteroatoms. The molecule has 1 N–H and O–H groups in total. The van der Waals surface area contributed by atoms with Crippen molar-refractivity contribution >= 4 is 88.5 Å². The number of esters is 3. The second-order valence-corrected chi connectivity index (χ2v) is 29.7. The Labute approximate surface area is 484 Å². The zero-order chi connectivity index (χ0) is 56.5. The lowest BCUT2D eigenvalue weighted by Gasteiger charge is -2.39. The van der Waals surface area contributed by atoms with E-state index in [1.165, 1.54) is 22.6 Å². The number of carbonyl (C=O) groups excluding carboxylic acids is 4. The van der Waals surface area contributed by atoms with E-state index in [4.69, 9.17) is 43.1 Å². The molecule has 1 heterocycles. The highest BCUT2D eigenvalue weighted by Gasteiger charge is 2.51. The SMILES string of the molecule is C.CCCCCCOC(=O)C(C)(CC(C)(C#N)CCC(=O)NCCC[Si](C)(C)OC)CC(C)(SC(=S)c1ccccc1)C(=O)OCn1cc(COC(=O)CCC(C)(C#N)CC(SC(=S)c2ccccc2)c2ccccc2)nn1. The number of unbranched alkanes of at least 4 members (excludes halogenated alkanes) is 3. The van der Waals surface area contributed by atoms with E-state index in [1.54, 1.807) is 27.9 Å². The summed E-state index contributed by atoms with van der Waals surface area (Å²) in [6.07, 6.45) is 6.51. The molecular weight excluding hydrogens is 1080 g/mol. The van der Waals surface area contributed by atoms with Crippen molar-refractivity contribution in [3.63, 3.8) is 0 Å². The molecule has 78 heavy (non-hydrogen) atoms. The van der Waals surface area contributed by atoms with Crippen LogP contribution in [-0.4, -0.2) is 80.5 Å². The normalized spacial score (nSPS) is 14.7. The van der Waals surface area contributed by atoms with E-state index in [0.717, 1.165) is 58.8 Å². The van der Waals surface area contributed by atoms with Gasteiger partial charge in [-0.1, -0.05) is 166 Å². The number of nitriles is 2. The summed E-state index contributed by atoms with van der Waals surface area (Å²) in [7, 11) is -0.0680. The highest BCUT2D eigenvalue weighted by Crippen LogP contribution is 2.48. The maximum Gasteiger partial charge on any atom is 0.324 e. The Balaban J connectivity index is 0.0000160. The van der Waals surface area contributed by atoms with Crippen molar-refractivity contribution in [1.82, 2.24) is 20.3 Å². The van der Waals surface area contributed by atoms with Crippen LogP contribution in [0.1, 0.15) is 147 Å². The summed E-state index contributed by atoms with van der Waals surface area (Å²) < 4.78 is 24.0. The molecule has 0 saturated heterocycles. The zero-order valence-corrected chi connectivity index (χ0v) is 50.2. The van der Waals surface area contributed by atoms with Gasteiger partial charge in [-0.2, -0.15) is 10.5 Å². The molecule has 5 atom stereocenters. The first kappa shape index (κ1) is 67.0. The number of nitrogens with zero attached hydrogens (tertiary/aromatic N) is 5. The van der Waals surface area contributed by atoms with Crippen molar-refractivity contribution in [2.24, 2.45) is 16.2 Å². The first-order valence-corrected chi connectivity index (χ1v) is 31.9. The fourth-order valence-corrected chi connectivity index (χ4v) is 13.7. The number of amides is 1. The Kier molecular flexibility index (Phi) is 28.1. The lowest BCUT2D eigenvalue weighted by molar-refractivity contribution is -0.160. The summed E-state index contributed by atoms with van der Waals surface area (Å²) in [5.41, 5.74) is -0.536. The largest absolute Gasteiger partial charge is 0.465 e. The van der Waals surface area contributed by atoms with Crippen LogP contribution in [0.2, 0.25) is 19.1 Å². The minimum atomic E-state index is -1.78. The average molecular weight is 1160 g/mol. The van der Waals surface area contributed by atoms with Crippen molar-refractivity contribution < 1.29 is 37.8 Å². The molecule has 1 amide bonds. The Hall–Kier alpha value is -5.28. The molecule has 0 spiro atoms. The molecule has 0 bridgehead atoms. The molecule has 14 nitrogen and oxygen atoms in total. The molecule has 4 rings (SSSR count). The summed E-state index contributed by atoms with van der Waals surface area (Å²) in [5, 5.41) is 32.2. The predicted octanol–water partition coefficient (Wildman–Crippen LogP) is 13.5. The molecule has 5 unspecified atom stereocenters. The average Bonchev–Trinajstić information content (AvgIpc) is 3.90. The molecule has 0 aliphatic rings. The van der Waals surface area contributed by atoms with Crippen molar-refractivity contribution in [2.75, 3.05) is 20.3 Å². The molecule has 3 aromatic carbocycles. The monoisotopic (exact) mass is 1160 g/mol. The number of ether oxygens (including phenoxy) is 3. The number of benzene rings is 3. The summed E-state index contributed by atoms with van der Waals surface area (Å²) in [6.45, 7) is 13.3. The Morgan fingerprint density at radius 2 is 1.37 bits per heavy atom. The van der Waals surface area contributed by atoms with Crippen molar-refractivity contribution in [3.05, 3.63) is 120 Å². The van der Waals surface area contributed by atoms with Crippen LogP contribution in [-0.2, 0) is 51.2 Å². The van der Waals surface area contributed by atoms with Crippen molar-refractivity contribution in [3.8, 4) is 12.1 Å².